The summed E-state index contributed by atoms with van der Waals surface area (Å²) in [6.45, 7) is 0.166. The smallest absolute Gasteiger partial charge is 0.236 e. The molecule has 0 atom stereocenters. The summed E-state index contributed by atoms with van der Waals surface area (Å²) in [4.78, 5) is 12.8. The van der Waals surface area contributed by atoms with Gasteiger partial charge in [-0.15, -0.1) is 0 Å². The molecule has 6 heteroatoms. The molecule has 1 aromatic carbocycles. The third-order valence-electron chi connectivity index (χ3n) is 2.05. The Bertz CT molecular complexity index is 436. The van der Waals surface area contributed by atoms with Crippen molar-refractivity contribution >= 4 is 44.7 Å². The minimum absolute atomic E-state index is 0.166. The Balaban J connectivity index is 2.96. The van der Waals surface area contributed by atoms with Gasteiger partial charge in [-0.1, -0.05) is 12.2 Å². The third kappa shape index (κ3) is 3.18. The van der Waals surface area contributed by atoms with Gasteiger partial charge >= 0.3 is 0 Å². The molecular weight excluding hydrogens is 290 g/mol. The minimum atomic E-state index is -0.378. The van der Waals surface area contributed by atoms with Crippen LogP contribution in [0.3, 0.4) is 0 Å². The largest absolute Gasteiger partial charge is 0.389 e. The molecule has 0 aromatic heterocycles. The summed E-state index contributed by atoms with van der Waals surface area (Å²) in [5.74, 6) is -0.378. The lowest BCUT2D eigenvalue weighted by Gasteiger charge is -2.18. The van der Waals surface area contributed by atoms with Crippen molar-refractivity contribution in [3.8, 4) is 0 Å². The van der Waals surface area contributed by atoms with E-state index in [1.165, 1.54) is 0 Å². The predicted molar refractivity (Wildman–Crippen MR) is 72.5 cm³/mol. The van der Waals surface area contributed by atoms with Crippen LogP contribution < -0.4 is 16.4 Å². The number of carbonyl (C=O) groups excluding carboxylic acids is 1. The van der Waals surface area contributed by atoms with Crippen LogP contribution in [0.15, 0.2) is 22.7 Å². The van der Waals surface area contributed by atoms with Crippen molar-refractivity contribution in [2.75, 3.05) is 18.5 Å². The average molecular weight is 302 g/mol. The zero-order chi connectivity index (χ0) is 12.3. The van der Waals surface area contributed by atoms with E-state index in [1.807, 2.05) is 12.1 Å². The maximum absolute atomic E-state index is 10.8. The topological polar surface area (TPSA) is 72.3 Å². The van der Waals surface area contributed by atoms with Crippen molar-refractivity contribution < 1.29 is 4.79 Å². The number of halogens is 1. The molecule has 1 amide bonds. The molecule has 86 valence electrons. The van der Waals surface area contributed by atoms with Gasteiger partial charge in [-0.25, -0.2) is 0 Å². The van der Waals surface area contributed by atoms with Crippen molar-refractivity contribution in [3.05, 3.63) is 28.2 Å². The number of rotatable bonds is 4. The van der Waals surface area contributed by atoms with Crippen molar-refractivity contribution in [3.63, 3.8) is 0 Å². The summed E-state index contributed by atoms with van der Waals surface area (Å²) in [6, 6.07) is 5.48. The normalized spacial score (nSPS) is 9.88. The Morgan fingerprint density at radius 1 is 1.50 bits per heavy atom. The molecule has 1 aromatic rings. The van der Waals surface area contributed by atoms with Crippen LogP contribution in [0.1, 0.15) is 5.56 Å². The second kappa shape index (κ2) is 5.27. The summed E-state index contributed by atoms with van der Waals surface area (Å²) < 4.78 is 0.800. The van der Waals surface area contributed by atoms with Crippen LogP contribution in [-0.4, -0.2) is 24.5 Å². The maximum Gasteiger partial charge on any atom is 0.236 e. The predicted octanol–water partition coefficient (Wildman–Crippen LogP) is 1.00. The highest BCUT2D eigenvalue weighted by Crippen LogP contribution is 2.23. The second-order valence-corrected chi connectivity index (χ2v) is 4.64. The average Bonchev–Trinajstić information content (AvgIpc) is 2.15. The summed E-state index contributed by atoms with van der Waals surface area (Å²) in [5.41, 5.74) is 12.3. The van der Waals surface area contributed by atoms with E-state index in [0.717, 1.165) is 15.7 Å². The fraction of sp³-hybridized carbons (Fsp3) is 0.200. The lowest BCUT2D eigenvalue weighted by Crippen LogP contribution is -2.30. The molecule has 0 aliphatic heterocycles. The molecule has 1 rings (SSSR count). The number of hydrogen-bond acceptors (Lipinski definition) is 3. The Labute approximate surface area is 108 Å². The molecule has 0 spiro atoms. The maximum atomic E-state index is 10.8. The Morgan fingerprint density at radius 3 is 2.56 bits per heavy atom. The van der Waals surface area contributed by atoms with E-state index in [4.69, 9.17) is 23.7 Å². The van der Waals surface area contributed by atoms with Gasteiger partial charge in [0.25, 0.3) is 0 Å². The van der Waals surface area contributed by atoms with Gasteiger partial charge < -0.3 is 16.4 Å². The Morgan fingerprint density at radius 2 is 2.12 bits per heavy atom. The van der Waals surface area contributed by atoms with Gasteiger partial charge in [-0.05, 0) is 34.1 Å². The van der Waals surface area contributed by atoms with Gasteiger partial charge in [0.05, 0.1) is 6.54 Å². The van der Waals surface area contributed by atoms with Crippen molar-refractivity contribution in [1.82, 2.24) is 0 Å². The summed E-state index contributed by atoms with van der Waals surface area (Å²) in [7, 11) is 1.78. The Hall–Kier alpha value is -1.14. The van der Waals surface area contributed by atoms with Gasteiger partial charge in [0.1, 0.15) is 4.99 Å². The van der Waals surface area contributed by atoms with E-state index >= 15 is 0 Å². The van der Waals surface area contributed by atoms with Gasteiger partial charge in [0.2, 0.25) is 5.91 Å². The second-order valence-electron chi connectivity index (χ2n) is 3.35. The highest BCUT2D eigenvalue weighted by molar-refractivity contribution is 9.10. The van der Waals surface area contributed by atoms with Gasteiger partial charge in [-0.3, -0.25) is 4.79 Å². The highest BCUT2D eigenvalue weighted by Gasteiger charge is 2.08. The SMILES string of the molecule is CN(CC(N)=O)c1ccc(C(N)=S)c(Br)c1. The number of nitrogens with zero attached hydrogens (tertiary/aromatic N) is 1. The highest BCUT2D eigenvalue weighted by atomic mass is 79.9. The number of primary amides is 1. The quantitative estimate of drug-likeness (QED) is 0.814. The molecule has 0 radical (unpaired) electrons. The van der Waals surface area contributed by atoms with E-state index in [9.17, 15) is 4.79 Å². The molecule has 0 bridgehead atoms. The minimum Gasteiger partial charge on any atom is -0.389 e. The molecule has 0 saturated heterocycles. The van der Waals surface area contributed by atoms with Gasteiger partial charge in [0, 0.05) is 22.8 Å². The van der Waals surface area contributed by atoms with E-state index in [2.05, 4.69) is 15.9 Å². The lowest BCUT2D eigenvalue weighted by atomic mass is 10.2. The van der Waals surface area contributed by atoms with Crippen LogP contribution in [0.5, 0.6) is 0 Å². The van der Waals surface area contributed by atoms with E-state index in [0.29, 0.717) is 4.99 Å². The van der Waals surface area contributed by atoms with E-state index < -0.39 is 0 Å². The van der Waals surface area contributed by atoms with Crippen LogP contribution in [0.4, 0.5) is 5.69 Å². The molecule has 16 heavy (non-hydrogen) atoms. The first-order valence-corrected chi connectivity index (χ1v) is 5.70. The molecule has 4 nitrogen and oxygen atoms in total. The number of thiocarbonyl (C=S) groups is 1. The Kier molecular flexibility index (Phi) is 4.26. The molecule has 0 aliphatic carbocycles. The van der Waals surface area contributed by atoms with Crippen LogP contribution >= 0.6 is 28.1 Å². The van der Waals surface area contributed by atoms with Crippen molar-refractivity contribution in [2.45, 2.75) is 0 Å². The monoisotopic (exact) mass is 301 g/mol. The molecule has 0 aliphatic rings. The molecule has 0 heterocycles. The van der Waals surface area contributed by atoms with Crippen molar-refractivity contribution in [1.29, 1.82) is 0 Å². The van der Waals surface area contributed by atoms with Gasteiger partial charge in [0.15, 0.2) is 0 Å². The number of anilines is 1. The van der Waals surface area contributed by atoms with Crippen LogP contribution in [-0.2, 0) is 4.79 Å². The number of carbonyl (C=O) groups is 1. The molecule has 4 N–H and O–H groups in total. The van der Waals surface area contributed by atoms with Crippen LogP contribution in [0.2, 0.25) is 0 Å². The lowest BCUT2D eigenvalue weighted by molar-refractivity contribution is -0.116. The molecule has 0 fully saturated rings. The first-order chi connectivity index (χ1) is 7.41. The molecule has 0 saturated carbocycles. The summed E-state index contributed by atoms with van der Waals surface area (Å²) in [6.07, 6.45) is 0. The third-order valence-corrected chi connectivity index (χ3v) is 2.93. The van der Waals surface area contributed by atoms with Crippen LogP contribution in [0.25, 0.3) is 0 Å². The number of benzene rings is 1. The fourth-order valence-electron chi connectivity index (χ4n) is 1.27. The standard InChI is InChI=1S/C10H12BrN3OS/c1-14(5-9(12)15)6-2-3-7(10(13)16)8(11)4-6/h2-4H,5H2,1H3,(H2,12,15)(H2,13,16). The van der Waals surface area contributed by atoms with Gasteiger partial charge in [-0.2, -0.15) is 0 Å². The number of likely N-dealkylation sites (N-methyl/N-ethyl adjacent to an activating group) is 1. The number of nitrogens with two attached hydrogens (primary N) is 2. The summed E-state index contributed by atoms with van der Waals surface area (Å²) >= 11 is 8.26. The van der Waals surface area contributed by atoms with E-state index in [-0.39, 0.29) is 12.5 Å². The molecular formula is C10H12BrN3OS. The van der Waals surface area contributed by atoms with E-state index in [1.54, 1.807) is 18.0 Å². The zero-order valence-electron chi connectivity index (χ0n) is 8.74. The van der Waals surface area contributed by atoms with Crippen molar-refractivity contribution in [2.24, 2.45) is 11.5 Å². The number of amides is 1. The first-order valence-electron chi connectivity index (χ1n) is 4.50. The fourth-order valence-corrected chi connectivity index (χ4v) is 2.16. The molecule has 0 unspecified atom stereocenters. The zero-order valence-corrected chi connectivity index (χ0v) is 11.1. The number of hydrogen-bond donors (Lipinski definition) is 2. The van der Waals surface area contributed by atoms with Crippen LogP contribution in [0, 0.1) is 0 Å². The summed E-state index contributed by atoms with van der Waals surface area (Å²) in [5, 5.41) is 0. The first kappa shape index (κ1) is 12.9.